The Hall–Kier alpha value is -2.82. The van der Waals surface area contributed by atoms with E-state index in [0.717, 1.165) is 12.1 Å². The first-order valence-corrected chi connectivity index (χ1v) is 5.56. The number of aromatic amines is 1. The number of carbonyl (C=O) groups is 1. The normalized spacial score (nSPS) is 10.1. The van der Waals surface area contributed by atoms with Crippen LogP contribution in [0, 0.1) is 23.0 Å². The molecule has 2 rings (SSSR count). The van der Waals surface area contributed by atoms with Gasteiger partial charge in [0.1, 0.15) is 17.6 Å². The SMILES string of the molecule is CCOC(=O)c1n[nH]nc1-c1c(F)ccc(C#N)c1F. The average molecular weight is 278 g/mol. The van der Waals surface area contributed by atoms with Gasteiger partial charge in [-0.3, -0.25) is 0 Å². The van der Waals surface area contributed by atoms with Crippen molar-refractivity contribution < 1.29 is 18.3 Å². The number of nitrogens with one attached hydrogen (secondary N) is 1. The van der Waals surface area contributed by atoms with Gasteiger partial charge in [0, 0.05) is 0 Å². The van der Waals surface area contributed by atoms with E-state index in [0.29, 0.717) is 0 Å². The fourth-order valence-electron chi connectivity index (χ4n) is 1.60. The predicted octanol–water partition coefficient (Wildman–Crippen LogP) is 1.80. The van der Waals surface area contributed by atoms with E-state index in [4.69, 9.17) is 10.00 Å². The third-order valence-electron chi connectivity index (χ3n) is 2.47. The number of nitriles is 1. The van der Waals surface area contributed by atoms with Gasteiger partial charge in [0.05, 0.1) is 17.7 Å². The highest BCUT2D eigenvalue weighted by Crippen LogP contribution is 2.28. The van der Waals surface area contributed by atoms with Crippen LogP contribution in [0.4, 0.5) is 8.78 Å². The van der Waals surface area contributed by atoms with Crippen molar-refractivity contribution in [3.8, 4) is 17.3 Å². The molecule has 0 unspecified atom stereocenters. The van der Waals surface area contributed by atoms with Crippen LogP contribution in [0.5, 0.6) is 0 Å². The van der Waals surface area contributed by atoms with E-state index < -0.39 is 23.2 Å². The zero-order valence-corrected chi connectivity index (χ0v) is 10.3. The summed E-state index contributed by atoms with van der Waals surface area (Å²) >= 11 is 0. The van der Waals surface area contributed by atoms with Crippen molar-refractivity contribution in [3.05, 3.63) is 35.0 Å². The predicted molar refractivity (Wildman–Crippen MR) is 62.4 cm³/mol. The van der Waals surface area contributed by atoms with Gasteiger partial charge in [-0.1, -0.05) is 0 Å². The Labute approximate surface area is 112 Å². The number of esters is 1. The molecule has 0 bridgehead atoms. The maximum Gasteiger partial charge on any atom is 0.361 e. The molecule has 0 aliphatic carbocycles. The van der Waals surface area contributed by atoms with E-state index in [1.165, 1.54) is 0 Å². The van der Waals surface area contributed by atoms with Crippen molar-refractivity contribution in [1.82, 2.24) is 15.4 Å². The summed E-state index contributed by atoms with van der Waals surface area (Å²) < 4.78 is 32.5. The van der Waals surface area contributed by atoms with Gasteiger partial charge in [-0.05, 0) is 19.1 Å². The van der Waals surface area contributed by atoms with Gasteiger partial charge < -0.3 is 4.74 Å². The Bertz CT molecular complexity index is 706. The Morgan fingerprint density at radius 1 is 1.45 bits per heavy atom. The van der Waals surface area contributed by atoms with Crippen molar-refractivity contribution in [2.45, 2.75) is 6.92 Å². The topological polar surface area (TPSA) is 91.7 Å². The first-order chi connectivity index (χ1) is 9.60. The molecule has 0 fully saturated rings. The van der Waals surface area contributed by atoms with Gasteiger partial charge in [0.2, 0.25) is 0 Å². The van der Waals surface area contributed by atoms with E-state index in [2.05, 4.69) is 15.4 Å². The average Bonchev–Trinajstić information content (AvgIpc) is 2.88. The summed E-state index contributed by atoms with van der Waals surface area (Å²) in [5.74, 6) is -2.93. The van der Waals surface area contributed by atoms with E-state index in [1.54, 1.807) is 13.0 Å². The Kier molecular flexibility index (Phi) is 3.70. The lowest BCUT2D eigenvalue weighted by Crippen LogP contribution is -2.08. The monoisotopic (exact) mass is 278 g/mol. The van der Waals surface area contributed by atoms with Gasteiger partial charge in [-0.15, -0.1) is 5.10 Å². The van der Waals surface area contributed by atoms with Crippen LogP contribution < -0.4 is 0 Å². The maximum absolute atomic E-state index is 14.0. The number of H-pyrrole nitrogens is 1. The number of carbonyl (C=O) groups excluding carboxylic acids is 1. The fraction of sp³-hybridized carbons (Fsp3) is 0.167. The van der Waals surface area contributed by atoms with Crippen LogP contribution in [0.2, 0.25) is 0 Å². The van der Waals surface area contributed by atoms with Crippen LogP contribution in [0.25, 0.3) is 11.3 Å². The van der Waals surface area contributed by atoms with Crippen molar-refractivity contribution >= 4 is 5.97 Å². The van der Waals surface area contributed by atoms with E-state index in [9.17, 15) is 13.6 Å². The summed E-state index contributed by atoms with van der Waals surface area (Å²) in [5, 5.41) is 17.9. The lowest BCUT2D eigenvalue weighted by atomic mass is 10.1. The third kappa shape index (κ3) is 2.21. The molecule has 1 aromatic carbocycles. The zero-order chi connectivity index (χ0) is 14.7. The standard InChI is InChI=1S/C12H8F2N4O2/c1-2-20-12(19)11-10(16-18-17-11)8-7(13)4-3-6(5-15)9(8)14/h3-4H,2H2,1H3,(H,16,17,18). The minimum atomic E-state index is -1.10. The summed E-state index contributed by atoms with van der Waals surface area (Å²) in [4.78, 5) is 11.6. The molecule has 0 aliphatic rings. The molecule has 8 heteroatoms. The summed E-state index contributed by atoms with van der Waals surface area (Å²) in [6.45, 7) is 1.66. The molecular weight excluding hydrogens is 270 g/mol. The number of halogens is 2. The quantitative estimate of drug-likeness (QED) is 0.864. The highest BCUT2D eigenvalue weighted by atomic mass is 19.1. The molecule has 102 valence electrons. The molecule has 1 N–H and O–H groups in total. The van der Waals surface area contributed by atoms with E-state index in [1.807, 2.05) is 0 Å². The van der Waals surface area contributed by atoms with Crippen molar-refractivity contribution in [3.63, 3.8) is 0 Å². The molecule has 20 heavy (non-hydrogen) atoms. The van der Waals surface area contributed by atoms with E-state index in [-0.39, 0.29) is 23.6 Å². The Balaban J connectivity index is 2.62. The van der Waals surface area contributed by atoms with Gasteiger partial charge >= 0.3 is 5.97 Å². The molecule has 6 nitrogen and oxygen atoms in total. The second kappa shape index (κ2) is 5.44. The molecule has 0 radical (unpaired) electrons. The molecule has 0 spiro atoms. The fourth-order valence-corrected chi connectivity index (χ4v) is 1.60. The molecule has 1 heterocycles. The number of aromatic nitrogens is 3. The maximum atomic E-state index is 14.0. The number of ether oxygens (including phenoxy) is 1. The number of nitrogens with zero attached hydrogens (tertiary/aromatic N) is 3. The second-order valence-electron chi connectivity index (χ2n) is 3.64. The van der Waals surface area contributed by atoms with Gasteiger partial charge in [-0.25, -0.2) is 13.6 Å². The first-order valence-electron chi connectivity index (χ1n) is 5.56. The van der Waals surface area contributed by atoms with Gasteiger partial charge in [0.15, 0.2) is 11.5 Å². The molecule has 2 aromatic rings. The number of rotatable bonds is 3. The lowest BCUT2D eigenvalue weighted by molar-refractivity contribution is 0.0520. The van der Waals surface area contributed by atoms with Crippen LogP contribution in [-0.2, 0) is 4.74 Å². The van der Waals surface area contributed by atoms with Crippen LogP contribution >= 0.6 is 0 Å². The Morgan fingerprint density at radius 2 is 2.20 bits per heavy atom. The number of hydrogen-bond donors (Lipinski definition) is 1. The molecule has 0 saturated carbocycles. The zero-order valence-electron chi connectivity index (χ0n) is 10.3. The van der Waals surface area contributed by atoms with Crippen molar-refractivity contribution in [2.75, 3.05) is 6.61 Å². The first kappa shape index (κ1) is 13.6. The third-order valence-corrected chi connectivity index (χ3v) is 2.47. The molecule has 1 aromatic heterocycles. The Morgan fingerprint density at radius 3 is 2.85 bits per heavy atom. The summed E-state index contributed by atoms with van der Waals surface area (Å²) in [5.41, 5.74) is -1.64. The van der Waals surface area contributed by atoms with Gasteiger partial charge in [-0.2, -0.15) is 15.6 Å². The minimum Gasteiger partial charge on any atom is -0.461 e. The summed E-state index contributed by atoms with van der Waals surface area (Å²) in [6, 6.07) is 3.50. The lowest BCUT2D eigenvalue weighted by Gasteiger charge is -2.05. The van der Waals surface area contributed by atoms with Gasteiger partial charge in [0.25, 0.3) is 0 Å². The molecular formula is C12H8F2N4O2. The number of hydrogen-bond acceptors (Lipinski definition) is 5. The number of benzene rings is 1. The summed E-state index contributed by atoms with van der Waals surface area (Å²) in [7, 11) is 0. The van der Waals surface area contributed by atoms with Crippen LogP contribution in [0.1, 0.15) is 23.0 Å². The molecule has 0 saturated heterocycles. The second-order valence-corrected chi connectivity index (χ2v) is 3.64. The van der Waals surface area contributed by atoms with Crippen molar-refractivity contribution in [1.29, 1.82) is 5.26 Å². The molecule has 0 aliphatic heterocycles. The van der Waals surface area contributed by atoms with E-state index >= 15 is 0 Å². The summed E-state index contributed by atoms with van der Waals surface area (Å²) in [6.07, 6.45) is 0. The van der Waals surface area contributed by atoms with Crippen LogP contribution in [0.15, 0.2) is 12.1 Å². The highest BCUT2D eigenvalue weighted by Gasteiger charge is 2.25. The van der Waals surface area contributed by atoms with Crippen LogP contribution in [-0.4, -0.2) is 28.0 Å². The van der Waals surface area contributed by atoms with Crippen molar-refractivity contribution in [2.24, 2.45) is 0 Å². The molecule has 0 atom stereocenters. The smallest absolute Gasteiger partial charge is 0.361 e. The minimum absolute atomic E-state index is 0.0777. The largest absolute Gasteiger partial charge is 0.461 e. The van der Waals surface area contributed by atoms with Crippen LogP contribution in [0.3, 0.4) is 0 Å². The highest BCUT2D eigenvalue weighted by molar-refractivity contribution is 5.94. The molecule has 0 amide bonds.